The summed E-state index contributed by atoms with van der Waals surface area (Å²) in [6, 6.07) is 5.84. The third-order valence-corrected chi connectivity index (χ3v) is 7.54. The quantitative estimate of drug-likeness (QED) is 0.427. The molecule has 0 atom stereocenters. The van der Waals surface area contributed by atoms with E-state index in [2.05, 4.69) is 22.0 Å². The number of amides is 1. The topological polar surface area (TPSA) is 62.5 Å². The zero-order valence-electron chi connectivity index (χ0n) is 20.8. The number of halogens is 4. The third kappa shape index (κ3) is 5.09. The molecule has 10 heteroatoms. The third-order valence-electron chi connectivity index (χ3n) is 7.54. The summed E-state index contributed by atoms with van der Waals surface area (Å²) in [6.07, 6.45) is -0.985. The van der Waals surface area contributed by atoms with Crippen LogP contribution in [0, 0.1) is 19.3 Å². The number of nitrogens with zero attached hydrogens (tertiary/aromatic N) is 4. The Kier molecular flexibility index (Phi) is 6.85. The molecular weight excluding hydrogens is 474 g/mol. The molecule has 0 spiro atoms. The van der Waals surface area contributed by atoms with Gasteiger partial charge < -0.3 is 14.8 Å². The molecule has 1 saturated heterocycles. The van der Waals surface area contributed by atoms with Gasteiger partial charge in [0.05, 0.1) is 17.3 Å². The highest BCUT2D eigenvalue weighted by Crippen LogP contribution is 2.58. The Morgan fingerprint density at radius 1 is 1.22 bits per heavy atom. The monoisotopic (exact) mass is 505 g/mol. The van der Waals surface area contributed by atoms with Crippen LogP contribution >= 0.6 is 0 Å². The molecule has 2 aliphatic rings. The highest BCUT2D eigenvalue weighted by molar-refractivity contribution is 5.87. The van der Waals surface area contributed by atoms with Gasteiger partial charge in [0.2, 0.25) is 0 Å². The molecule has 2 aromatic rings. The lowest BCUT2D eigenvalue weighted by atomic mass is 9.91. The molecule has 0 radical (unpaired) electrons. The van der Waals surface area contributed by atoms with Crippen molar-refractivity contribution in [2.24, 2.45) is 17.5 Å². The Hall–Kier alpha value is -3.01. The number of aryl methyl sites for hydroxylation is 2. The fourth-order valence-corrected chi connectivity index (χ4v) is 4.63. The van der Waals surface area contributed by atoms with Gasteiger partial charge in [-0.25, -0.2) is 14.4 Å². The van der Waals surface area contributed by atoms with Crippen molar-refractivity contribution in [3.05, 3.63) is 47.2 Å². The second-order valence-electron chi connectivity index (χ2n) is 9.98. The summed E-state index contributed by atoms with van der Waals surface area (Å²) in [5.74, 6) is 0.122. The molecule has 2 heterocycles. The number of nitrogens with one attached hydrogen (secondary N) is 1. The van der Waals surface area contributed by atoms with Crippen molar-refractivity contribution in [3.63, 3.8) is 0 Å². The summed E-state index contributed by atoms with van der Waals surface area (Å²) in [6.45, 7) is 7.36. The number of benzene rings is 1. The van der Waals surface area contributed by atoms with Crippen molar-refractivity contribution in [3.8, 4) is 11.3 Å². The van der Waals surface area contributed by atoms with Crippen molar-refractivity contribution in [2.45, 2.75) is 51.4 Å². The maximum absolute atomic E-state index is 15.5. The predicted molar refractivity (Wildman–Crippen MR) is 131 cm³/mol. The average Bonchev–Trinajstić information content (AvgIpc) is 3.55. The standard InChI is InChI=1S/C26H31F4N5O/c1-17-5-6-19(21-15-32-18(2)34(21)4)13-20(17)14-22(31-3)33-23(36)25(27)9-11-35(12-10-25)16-24(7-8-24)26(28,29)30/h5-6,13-15H,3,7-12,16H2,1-2,4H3,(H,33,36)/b22-14+. The van der Waals surface area contributed by atoms with E-state index in [-0.39, 0.29) is 51.1 Å². The number of carbonyl (C=O) groups is 1. The van der Waals surface area contributed by atoms with Crippen molar-refractivity contribution >= 4 is 18.7 Å². The summed E-state index contributed by atoms with van der Waals surface area (Å²) in [5, 5.41) is 2.53. The lowest BCUT2D eigenvalue weighted by Gasteiger charge is -2.37. The molecule has 1 amide bonds. The second kappa shape index (κ2) is 9.46. The van der Waals surface area contributed by atoms with Gasteiger partial charge in [-0.15, -0.1) is 0 Å². The minimum Gasteiger partial charge on any atom is -0.331 e. The Bertz CT molecular complexity index is 1190. The SMILES string of the molecule is C=N/C(=C\c1cc(-c2cnc(C)n2C)ccc1C)NC(=O)C1(F)CCN(CC2(C(F)(F)F)CC2)CC1. The number of hydrogen-bond donors (Lipinski definition) is 1. The minimum absolute atomic E-state index is 0.0909. The number of likely N-dealkylation sites (tertiary alicyclic amines) is 1. The van der Waals surface area contributed by atoms with Gasteiger partial charge in [-0.3, -0.25) is 4.79 Å². The van der Waals surface area contributed by atoms with E-state index in [1.54, 1.807) is 17.2 Å². The van der Waals surface area contributed by atoms with Gasteiger partial charge in [-0.05, 0) is 56.7 Å². The Balaban J connectivity index is 1.44. The predicted octanol–water partition coefficient (Wildman–Crippen LogP) is 4.97. The maximum atomic E-state index is 15.5. The van der Waals surface area contributed by atoms with Crippen molar-refractivity contribution in [1.82, 2.24) is 19.8 Å². The van der Waals surface area contributed by atoms with E-state index in [1.807, 2.05) is 43.7 Å². The number of imidazole rings is 1. The molecule has 0 bridgehead atoms. The molecule has 1 aromatic heterocycles. The van der Waals surface area contributed by atoms with Gasteiger partial charge in [0.15, 0.2) is 5.67 Å². The van der Waals surface area contributed by atoms with Crippen LogP contribution in [0.25, 0.3) is 17.3 Å². The van der Waals surface area contributed by atoms with Crippen molar-refractivity contribution in [1.29, 1.82) is 0 Å². The molecule has 1 saturated carbocycles. The van der Waals surface area contributed by atoms with Crippen molar-refractivity contribution in [2.75, 3.05) is 19.6 Å². The van der Waals surface area contributed by atoms with E-state index >= 15 is 4.39 Å². The molecule has 6 nitrogen and oxygen atoms in total. The van der Waals surface area contributed by atoms with Crippen LogP contribution in [0.3, 0.4) is 0 Å². The van der Waals surface area contributed by atoms with Crippen LogP contribution in [0.15, 0.2) is 35.2 Å². The normalized spacial score (nSPS) is 19.7. The zero-order valence-corrected chi connectivity index (χ0v) is 20.8. The largest absolute Gasteiger partial charge is 0.395 e. The lowest BCUT2D eigenvalue weighted by Crippen LogP contribution is -2.52. The Morgan fingerprint density at radius 2 is 1.89 bits per heavy atom. The molecule has 194 valence electrons. The van der Waals surface area contributed by atoms with Gasteiger partial charge in [-0.1, -0.05) is 12.1 Å². The van der Waals surface area contributed by atoms with Crippen LogP contribution in [-0.2, 0) is 11.8 Å². The summed E-state index contributed by atoms with van der Waals surface area (Å²) in [7, 11) is 1.92. The zero-order chi connectivity index (χ0) is 26.3. The van der Waals surface area contributed by atoms with Crippen molar-refractivity contribution < 1.29 is 22.4 Å². The van der Waals surface area contributed by atoms with E-state index in [4.69, 9.17) is 0 Å². The van der Waals surface area contributed by atoms with E-state index in [0.29, 0.717) is 0 Å². The Labute approximate surface area is 208 Å². The van der Waals surface area contributed by atoms with Gasteiger partial charge in [0, 0.05) is 45.1 Å². The molecular formula is C26H31F4N5O. The number of aromatic nitrogens is 2. The van der Waals surface area contributed by atoms with Crippen LogP contribution in [0.2, 0.25) is 0 Å². The van der Waals surface area contributed by atoms with Crippen LogP contribution in [0.1, 0.15) is 42.6 Å². The molecule has 1 N–H and O–H groups in total. The van der Waals surface area contributed by atoms with Crippen LogP contribution in [0.5, 0.6) is 0 Å². The first-order chi connectivity index (χ1) is 16.9. The van der Waals surface area contributed by atoms with E-state index in [1.165, 1.54) is 0 Å². The molecule has 4 rings (SSSR count). The number of aliphatic imine (C=N–C) groups is 1. The second-order valence-corrected chi connectivity index (χ2v) is 9.98. The summed E-state index contributed by atoms with van der Waals surface area (Å²) < 4.78 is 57.3. The van der Waals surface area contributed by atoms with E-state index in [9.17, 15) is 18.0 Å². The molecule has 1 aliphatic heterocycles. The van der Waals surface area contributed by atoms with Crippen LogP contribution in [-0.4, -0.2) is 58.6 Å². The fraction of sp³-hybridized carbons (Fsp3) is 0.500. The smallest absolute Gasteiger partial charge is 0.331 e. The molecule has 0 unspecified atom stereocenters. The van der Waals surface area contributed by atoms with Crippen LogP contribution in [0.4, 0.5) is 17.6 Å². The first-order valence-corrected chi connectivity index (χ1v) is 11.9. The Morgan fingerprint density at radius 3 is 2.42 bits per heavy atom. The maximum Gasteiger partial charge on any atom is 0.395 e. The number of hydrogen-bond acceptors (Lipinski definition) is 4. The fourth-order valence-electron chi connectivity index (χ4n) is 4.63. The molecule has 1 aliphatic carbocycles. The highest BCUT2D eigenvalue weighted by atomic mass is 19.4. The molecule has 2 fully saturated rings. The number of alkyl halides is 4. The summed E-state index contributed by atoms with van der Waals surface area (Å²) in [5.41, 5.74) is -0.306. The lowest BCUT2D eigenvalue weighted by molar-refractivity contribution is -0.193. The van der Waals surface area contributed by atoms with Gasteiger partial charge in [0.25, 0.3) is 5.91 Å². The first kappa shape index (κ1) is 26.1. The first-order valence-electron chi connectivity index (χ1n) is 11.9. The van der Waals surface area contributed by atoms with E-state index in [0.717, 1.165) is 28.2 Å². The number of piperidine rings is 1. The molecule has 36 heavy (non-hydrogen) atoms. The average molecular weight is 506 g/mol. The van der Waals surface area contributed by atoms with E-state index < -0.39 is 23.2 Å². The highest BCUT2D eigenvalue weighted by Gasteiger charge is 2.63. The minimum atomic E-state index is -4.26. The van der Waals surface area contributed by atoms with Gasteiger partial charge >= 0.3 is 6.18 Å². The number of carbonyl (C=O) groups excluding carboxylic acids is 1. The van der Waals surface area contributed by atoms with Gasteiger partial charge in [-0.2, -0.15) is 13.2 Å². The summed E-state index contributed by atoms with van der Waals surface area (Å²) >= 11 is 0. The van der Waals surface area contributed by atoms with Crippen LogP contribution < -0.4 is 5.32 Å². The molecule has 1 aromatic carbocycles. The summed E-state index contributed by atoms with van der Waals surface area (Å²) in [4.78, 5) is 22.6. The number of rotatable bonds is 7. The van der Waals surface area contributed by atoms with Gasteiger partial charge in [0.1, 0.15) is 11.6 Å².